The van der Waals surface area contributed by atoms with Crippen molar-refractivity contribution in [3.05, 3.63) is 105 Å². The number of rotatable bonds is 7. The van der Waals surface area contributed by atoms with Crippen LogP contribution in [0.15, 0.2) is 83.9 Å². The highest BCUT2D eigenvalue weighted by atomic mass is 35.5. The van der Waals surface area contributed by atoms with Gasteiger partial charge in [-0.1, -0.05) is 98.7 Å². The number of nitrogens with zero attached hydrogens (tertiary/aromatic N) is 3. The fourth-order valence-electron chi connectivity index (χ4n) is 3.93. The molecule has 0 radical (unpaired) electrons. The molecule has 0 unspecified atom stereocenters. The SMILES string of the molecule is CC(C)(C)c1ccc(-c2cc(-c3ccccc3)nc(SCC(=O)Nc3ccc(Cl)c([N+](=O)[O-])c3)c2C#N)cc1. The van der Waals surface area contributed by atoms with E-state index in [1.165, 1.54) is 23.8 Å². The van der Waals surface area contributed by atoms with E-state index in [1.807, 2.05) is 48.5 Å². The van der Waals surface area contributed by atoms with Gasteiger partial charge in [0.05, 0.1) is 21.9 Å². The van der Waals surface area contributed by atoms with Gasteiger partial charge in [0.15, 0.2) is 0 Å². The summed E-state index contributed by atoms with van der Waals surface area (Å²) in [5.74, 6) is -0.456. The minimum absolute atomic E-state index is 0.0110. The number of nitro groups is 1. The third-order valence-electron chi connectivity index (χ3n) is 6.00. The number of benzene rings is 3. The summed E-state index contributed by atoms with van der Waals surface area (Å²) < 4.78 is 0. The number of amides is 1. The Balaban J connectivity index is 1.67. The topological polar surface area (TPSA) is 109 Å². The molecule has 39 heavy (non-hydrogen) atoms. The van der Waals surface area contributed by atoms with Crippen LogP contribution >= 0.6 is 23.4 Å². The molecule has 0 saturated carbocycles. The summed E-state index contributed by atoms with van der Waals surface area (Å²) in [7, 11) is 0. The minimum atomic E-state index is -0.611. The molecule has 0 fully saturated rings. The third-order valence-corrected chi connectivity index (χ3v) is 7.29. The molecule has 4 aromatic rings. The van der Waals surface area contributed by atoms with Crippen molar-refractivity contribution in [3.8, 4) is 28.5 Å². The first-order valence-electron chi connectivity index (χ1n) is 12.0. The molecule has 0 aliphatic rings. The summed E-state index contributed by atoms with van der Waals surface area (Å²) in [4.78, 5) is 28.0. The minimum Gasteiger partial charge on any atom is -0.325 e. The molecule has 1 aromatic heterocycles. The molecule has 1 N–H and O–H groups in total. The lowest BCUT2D eigenvalue weighted by molar-refractivity contribution is -0.384. The van der Waals surface area contributed by atoms with Crippen molar-refractivity contribution in [2.75, 3.05) is 11.1 Å². The summed E-state index contributed by atoms with van der Waals surface area (Å²) in [6.45, 7) is 6.43. The van der Waals surface area contributed by atoms with Gasteiger partial charge >= 0.3 is 0 Å². The number of nitriles is 1. The number of nitrogens with one attached hydrogen (secondary N) is 1. The zero-order chi connectivity index (χ0) is 28.2. The lowest BCUT2D eigenvalue weighted by Crippen LogP contribution is -2.14. The van der Waals surface area contributed by atoms with Gasteiger partial charge in [0.25, 0.3) is 5.69 Å². The molecule has 0 bridgehead atoms. The van der Waals surface area contributed by atoms with Crippen LogP contribution < -0.4 is 5.32 Å². The molecule has 1 amide bonds. The van der Waals surface area contributed by atoms with Gasteiger partial charge in [-0.25, -0.2) is 4.98 Å². The number of carbonyl (C=O) groups excluding carboxylic acids is 1. The second-order valence-electron chi connectivity index (χ2n) is 9.80. The molecular formula is C30H25ClN4O3S. The van der Waals surface area contributed by atoms with Gasteiger partial charge in [-0.15, -0.1) is 0 Å². The van der Waals surface area contributed by atoms with Crippen LogP contribution in [0.4, 0.5) is 11.4 Å². The Bertz CT molecular complexity index is 1580. The number of anilines is 1. The molecule has 0 spiro atoms. The van der Waals surface area contributed by atoms with E-state index >= 15 is 0 Å². The molecular weight excluding hydrogens is 532 g/mol. The van der Waals surface area contributed by atoms with E-state index in [1.54, 1.807) is 0 Å². The molecule has 7 nitrogen and oxygen atoms in total. The number of carbonyl (C=O) groups is 1. The largest absolute Gasteiger partial charge is 0.325 e. The second-order valence-corrected chi connectivity index (χ2v) is 11.2. The number of hydrogen-bond donors (Lipinski definition) is 1. The van der Waals surface area contributed by atoms with Crippen LogP contribution in [0.2, 0.25) is 5.02 Å². The third kappa shape index (κ3) is 6.63. The van der Waals surface area contributed by atoms with Crippen LogP contribution in [0.1, 0.15) is 31.9 Å². The average molecular weight is 557 g/mol. The average Bonchev–Trinajstić information content (AvgIpc) is 2.92. The van der Waals surface area contributed by atoms with E-state index in [-0.39, 0.29) is 27.6 Å². The van der Waals surface area contributed by atoms with Crippen LogP contribution in [0.5, 0.6) is 0 Å². The summed E-state index contributed by atoms with van der Waals surface area (Å²) in [6.07, 6.45) is 0. The van der Waals surface area contributed by atoms with Crippen molar-refractivity contribution in [3.63, 3.8) is 0 Å². The highest BCUT2D eigenvalue weighted by molar-refractivity contribution is 8.00. The summed E-state index contributed by atoms with van der Waals surface area (Å²) >= 11 is 7.00. The van der Waals surface area contributed by atoms with E-state index in [2.05, 4.69) is 44.3 Å². The molecule has 4 rings (SSSR count). The van der Waals surface area contributed by atoms with Gasteiger partial charge in [-0.3, -0.25) is 14.9 Å². The summed E-state index contributed by atoms with van der Waals surface area (Å²) in [6, 6.07) is 26.0. The molecule has 9 heteroatoms. The maximum atomic E-state index is 12.7. The van der Waals surface area contributed by atoms with E-state index < -0.39 is 10.8 Å². The normalized spacial score (nSPS) is 11.1. The molecule has 3 aromatic carbocycles. The van der Waals surface area contributed by atoms with E-state index in [0.29, 0.717) is 16.3 Å². The molecule has 0 aliphatic carbocycles. The maximum Gasteiger partial charge on any atom is 0.289 e. The Morgan fingerprint density at radius 2 is 1.74 bits per heavy atom. The predicted molar refractivity (Wildman–Crippen MR) is 156 cm³/mol. The summed E-state index contributed by atoms with van der Waals surface area (Å²) in [5, 5.41) is 24.4. The number of pyridine rings is 1. The first-order valence-corrected chi connectivity index (χ1v) is 13.4. The first-order chi connectivity index (χ1) is 18.6. The zero-order valence-corrected chi connectivity index (χ0v) is 23.1. The first kappa shape index (κ1) is 27.8. The smallest absolute Gasteiger partial charge is 0.289 e. The maximum absolute atomic E-state index is 12.7. The van der Waals surface area contributed by atoms with Crippen molar-refractivity contribution in [2.45, 2.75) is 31.2 Å². The van der Waals surface area contributed by atoms with Crippen LogP contribution in [0, 0.1) is 21.4 Å². The van der Waals surface area contributed by atoms with Gasteiger partial charge in [0.2, 0.25) is 5.91 Å². The Morgan fingerprint density at radius 1 is 1.05 bits per heavy atom. The van der Waals surface area contributed by atoms with E-state index in [0.717, 1.165) is 28.5 Å². The predicted octanol–water partition coefficient (Wildman–Crippen LogP) is 7.88. The number of thioether (sulfide) groups is 1. The van der Waals surface area contributed by atoms with Crippen molar-refractivity contribution in [1.82, 2.24) is 4.98 Å². The molecule has 0 saturated heterocycles. The highest BCUT2D eigenvalue weighted by Gasteiger charge is 2.19. The van der Waals surface area contributed by atoms with Crippen LogP contribution in [0.25, 0.3) is 22.4 Å². The van der Waals surface area contributed by atoms with Crippen molar-refractivity contribution in [1.29, 1.82) is 5.26 Å². The molecule has 0 atom stereocenters. The van der Waals surface area contributed by atoms with Gasteiger partial charge in [-0.2, -0.15) is 5.26 Å². The van der Waals surface area contributed by atoms with Crippen molar-refractivity contribution in [2.24, 2.45) is 0 Å². The van der Waals surface area contributed by atoms with Gasteiger partial charge in [-0.05, 0) is 34.7 Å². The van der Waals surface area contributed by atoms with Crippen LogP contribution in [0.3, 0.4) is 0 Å². The monoisotopic (exact) mass is 556 g/mol. The lowest BCUT2D eigenvalue weighted by atomic mass is 9.86. The van der Waals surface area contributed by atoms with Gasteiger partial charge in [0, 0.05) is 22.9 Å². The molecule has 0 aliphatic heterocycles. The molecule has 1 heterocycles. The van der Waals surface area contributed by atoms with Gasteiger partial charge in [0.1, 0.15) is 16.1 Å². The standard InChI is InChI=1S/C30H25ClN4O3S/c1-30(2,3)21-11-9-19(10-12-21)23-16-26(20-7-5-4-6-8-20)34-29(24(23)17-32)39-18-28(36)33-22-13-14-25(31)27(15-22)35(37)38/h4-16H,18H2,1-3H3,(H,33,36). The second kappa shape index (κ2) is 11.7. The Labute approximate surface area is 236 Å². The summed E-state index contributed by atoms with van der Waals surface area (Å²) in [5.41, 5.74) is 4.66. The van der Waals surface area contributed by atoms with E-state index in [4.69, 9.17) is 16.6 Å². The quantitative estimate of drug-likeness (QED) is 0.141. The van der Waals surface area contributed by atoms with Crippen molar-refractivity contribution < 1.29 is 9.72 Å². The lowest BCUT2D eigenvalue weighted by Gasteiger charge is -2.19. The Kier molecular flexibility index (Phi) is 8.34. The highest BCUT2D eigenvalue weighted by Crippen LogP contribution is 2.35. The Morgan fingerprint density at radius 3 is 2.36 bits per heavy atom. The van der Waals surface area contributed by atoms with E-state index in [9.17, 15) is 20.2 Å². The number of aromatic nitrogens is 1. The zero-order valence-electron chi connectivity index (χ0n) is 21.6. The molecule has 196 valence electrons. The van der Waals surface area contributed by atoms with Crippen molar-refractivity contribution >= 4 is 40.6 Å². The Hall–Kier alpha value is -4.19. The number of nitro benzene ring substituents is 1. The fraction of sp³-hybridized carbons (Fsp3) is 0.167. The van der Waals surface area contributed by atoms with Crippen LogP contribution in [-0.2, 0) is 10.2 Å². The fourth-order valence-corrected chi connectivity index (χ4v) is 4.92. The van der Waals surface area contributed by atoms with Gasteiger partial charge < -0.3 is 5.32 Å². The number of hydrogen-bond acceptors (Lipinski definition) is 6. The van der Waals surface area contributed by atoms with Crippen LogP contribution in [-0.4, -0.2) is 21.6 Å². The number of halogens is 1.